The Bertz CT molecular complexity index is 2220. The van der Waals surface area contributed by atoms with Crippen molar-refractivity contribution >= 4 is 61.5 Å². The summed E-state index contributed by atoms with van der Waals surface area (Å²) < 4.78 is 1.28. The molecule has 7 rings (SSSR count). The van der Waals surface area contributed by atoms with Gasteiger partial charge in [-0.3, -0.25) is 0 Å². The van der Waals surface area contributed by atoms with Crippen LogP contribution >= 0.6 is 22.9 Å². The number of rotatable bonds is 4. The Kier molecular flexibility index (Phi) is 9.30. The number of hydrogen-bond acceptors (Lipinski definition) is 3. The highest BCUT2D eigenvalue weighted by molar-refractivity contribution is 7.17. The van der Waals surface area contributed by atoms with E-state index in [1.54, 1.807) is 0 Å². The van der Waals surface area contributed by atoms with Crippen molar-refractivity contribution in [3.8, 4) is 0 Å². The average Bonchev–Trinajstić information content (AvgIpc) is 3.57. The van der Waals surface area contributed by atoms with Crippen molar-refractivity contribution in [1.82, 2.24) is 0 Å². The molecule has 4 aromatic carbocycles. The van der Waals surface area contributed by atoms with Gasteiger partial charge in [-0.05, 0) is 112 Å². The molecule has 0 radical (unpaired) electrons. The van der Waals surface area contributed by atoms with Crippen molar-refractivity contribution in [1.29, 1.82) is 0 Å². The van der Waals surface area contributed by atoms with Gasteiger partial charge in [-0.2, -0.15) is 0 Å². The lowest BCUT2D eigenvalue weighted by Crippen LogP contribution is -2.54. The summed E-state index contributed by atoms with van der Waals surface area (Å²) in [6, 6.07) is 28.3. The maximum absolute atomic E-state index is 8.06. The molecule has 2 heterocycles. The lowest BCUT2D eigenvalue weighted by atomic mass is 9.61. The molecule has 1 aromatic heterocycles. The fourth-order valence-corrected chi connectivity index (χ4v) is 10.3. The first-order valence-corrected chi connectivity index (χ1v) is 21.4. The second-order valence-electron chi connectivity index (χ2n) is 20.9. The molecule has 0 amide bonds. The van der Waals surface area contributed by atoms with E-state index < -0.39 is 0 Å². The van der Waals surface area contributed by atoms with Crippen LogP contribution in [0, 0.1) is 0 Å². The Morgan fingerprint density at radius 3 is 1.76 bits per heavy atom. The van der Waals surface area contributed by atoms with Crippen LogP contribution in [0.5, 0.6) is 0 Å². The molecule has 54 heavy (non-hydrogen) atoms. The van der Waals surface area contributed by atoms with Gasteiger partial charge in [0, 0.05) is 32.3 Å². The summed E-state index contributed by atoms with van der Waals surface area (Å²) in [4.78, 5) is 5.14. The van der Waals surface area contributed by atoms with Crippen LogP contribution in [-0.4, -0.2) is 5.54 Å². The molecule has 0 N–H and O–H groups in total. The normalized spacial score (nSPS) is 20.7. The largest absolute Gasteiger partial charge is 0.333 e. The zero-order valence-electron chi connectivity index (χ0n) is 35.5. The molecular formula is C50H63ClN2S. The maximum Gasteiger partial charge on any atom is 0.0883 e. The minimum atomic E-state index is -0.128. The molecular weight excluding hydrogens is 696 g/mol. The summed E-state index contributed by atoms with van der Waals surface area (Å²) in [5, 5.41) is 4.41. The van der Waals surface area contributed by atoms with E-state index in [2.05, 4.69) is 185 Å². The van der Waals surface area contributed by atoms with Crippen molar-refractivity contribution in [2.75, 3.05) is 9.80 Å². The van der Waals surface area contributed by atoms with E-state index in [-0.39, 0.29) is 32.6 Å². The standard InChI is InChI=1S/C50H63ClN2S/c1-45(2,3)32-17-21-36(22-18-32)52(42-31-54-43-24-20-33(27-37(42)43)46(4,5)6)40-29-35(48(10,11)12)30-41(44(40)51)53-39-23-19-34(47(7,8)9)28-38(39)49(13)25-15-16-26-50(49,53)14/h17-24,27-31H,15-16,25-26H2,1-14H3. The van der Waals surface area contributed by atoms with Gasteiger partial charge in [-0.25, -0.2) is 0 Å². The minimum Gasteiger partial charge on any atom is -0.333 e. The lowest BCUT2D eigenvalue weighted by Gasteiger charge is -2.50. The topological polar surface area (TPSA) is 6.48 Å². The van der Waals surface area contributed by atoms with Gasteiger partial charge < -0.3 is 9.80 Å². The molecule has 2 aliphatic rings. The first kappa shape index (κ1) is 39.0. The van der Waals surface area contributed by atoms with Crippen LogP contribution in [0.3, 0.4) is 0 Å². The first-order chi connectivity index (χ1) is 24.9. The van der Waals surface area contributed by atoms with E-state index in [0.29, 0.717) is 0 Å². The Morgan fingerprint density at radius 1 is 0.593 bits per heavy atom. The lowest BCUT2D eigenvalue weighted by molar-refractivity contribution is 0.194. The Hall–Kier alpha value is -3.27. The number of benzene rings is 4. The van der Waals surface area contributed by atoms with Crippen molar-refractivity contribution < 1.29 is 0 Å². The Balaban J connectivity index is 1.54. The third-order valence-corrected chi connectivity index (χ3v) is 14.3. The van der Waals surface area contributed by atoms with Crippen molar-refractivity contribution in [2.24, 2.45) is 0 Å². The third kappa shape index (κ3) is 6.40. The van der Waals surface area contributed by atoms with Crippen LogP contribution < -0.4 is 9.80 Å². The predicted octanol–water partition coefficient (Wildman–Crippen LogP) is 16.0. The van der Waals surface area contributed by atoms with Crippen LogP contribution in [0.4, 0.5) is 28.4 Å². The molecule has 286 valence electrons. The molecule has 4 heteroatoms. The number of fused-ring (bicyclic) bond motifs is 4. The summed E-state index contributed by atoms with van der Waals surface area (Å²) in [6.07, 6.45) is 4.76. The van der Waals surface area contributed by atoms with Gasteiger partial charge in [0.1, 0.15) is 0 Å². The number of thiophene rings is 1. The smallest absolute Gasteiger partial charge is 0.0883 e. The number of nitrogens with zero attached hydrogens (tertiary/aromatic N) is 2. The van der Waals surface area contributed by atoms with Crippen LogP contribution in [0.15, 0.2) is 78.2 Å². The molecule has 0 spiro atoms. The predicted molar refractivity (Wildman–Crippen MR) is 239 cm³/mol. The number of hydrogen-bond donors (Lipinski definition) is 0. The summed E-state index contributed by atoms with van der Waals surface area (Å²) in [5.41, 5.74) is 12.5. The highest BCUT2D eigenvalue weighted by Crippen LogP contribution is 2.63. The van der Waals surface area contributed by atoms with Gasteiger partial charge in [-0.15, -0.1) is 11.3 Å². The molecule has 1 fully saturated rings. The number of halogens is 1. The van der Waals surface area contributed by atoms with Crippen LogP contribution in [0.2, 0.25) is 5.02 Å². The fraction of sp³-hybridized carbons (Fsp3) is 0.480. The van der Waals surface area contributed by atoms with Gasteiger partial charge in [0.05, 0.1) is 27.6 Å². The van der Waals surface area contributed by atoms with Crippen molar-refractivity contribution in [3.63, 3.8) is 0 Å². The van der Waals surface area contributed by atoms with Gasteiger partial charge >= 0.3 is 0 Å². The quantitative estimate of drug-likeness (QED) is 0.180. The van der Waals surface area contributed by atoms with Gasteiger partial charge in [0.2, 0.25) is 0 Å². The fourth-order valence-electron chi connectivity index (χ4n) is 9.10. The molecule has 2 unspecified atom stereocenters. The highest BCUT2D eigenvalue weighted by atomic mass is 35.5. The van der Waals surface area contributed by atoms with Crippen molar-refractivity contribution in [3.05, 3.63) is 111 Å². The molecule has 1 aliphatic carbocycles. The van der Waals surface area contributed by atoms with Crippen LogP contribution in [0.1, 0.15) is 150 Å². The van der Waals surface area contributed by atoms with Crippen LogP contribution in [-0.2, 0) is 27.1 Å². The summed E-state index contributed by atoms with van der Waals surface area (Å²) in [7, 11) is 0. The second-order valence-corrected chi connectivity index (χ2v) is 22.2. The number of anilines is 5. The monoisotopic (exact) mass is 758 g/mol. The molecule has 0 bridgehead atoms. The van der Waals surface area contributed by atoms with E-state index in [1.807, 2.05) is 11.3 Å². The van der Waals surface area contributed by atoms with Gasteiger partial charge in [0.25, 0.3) is 0 Å². The molecule has 2 nitrogen and oxygen atoms in total. The summed E-state index contributed by atoms with van der Waals surface area (Å²) in [6.45, 7) is 32.8. The zero-order chi connectivity index (χ0) is 39.4. The maximum atomic E-state index is 8.06. The van der Waals surface area contributed by atoms with Gasteiger partial charge in [0.15, 0.2) is 0 Å². The summed E-state index contributed by atoms with van der Waals surface area (Å²) >= 11 is 9.88. The van der Waals surface area contributed by atoms with Crippen LogP contribution in [0.25, 0.3) is 10.1 Å². The molecule has 2 atom stereocenters. The first-order valence-electron chi connectivity index (χ1n) is 20.2. The van der Waals surface area contributed by atoms with Gasteiger partial charge in [-0.1, -0.05) is 145 Å². The van der Waals surface area contributed by atoms with E-state index in [4.69, 9.17) is 11.6 Å². The van der Waals surface area contributed by atoms with E-state index in [0.717, 1.165) is 28.5 Å². The van der Waals surface area contributed by atoms with E-state index in [1.165, 1.54) is 68.5 Å². The van der Waals surface area contributed by atoms with Crippen molar-refractivity contribution in [2.45, 2.75) is 155 Å². The molecule has 1 saturated carbocycles. The Morgan fingerprint density at radius 2 is 1.15 bits per heavy atom. The van der Waals surface area contributed by atoms with E-state index in [9.17, 15) is 0 Å². The SMILES string of the molecule is CC(C)(C)c1ccc(N(c2cc(C(C)(C)C)cc(N3c4ccc(C(C)(C)C)cc4C4(C)CCCCC34C)c2Cl)c2csc3ccc(C(C)(C)C)cc23)cc1. The third-order valence-electron chi connectivity index (χ3n) is 13.0. The minimum absolute atomic E-state index is 0.00152. The summed E-state index contributed by atoms with van der Waals surface area (Å²) in [5.74, 6) is 0. The van der Waals surface area contributed by atoms with E-state index >= 15 is 0 Å². The second kappa shape index (κ2) is 12.9. The highest BCUT2D eigenvalue weighted by Gasteiger charge is 2.58. The molecule has 5 aromatic rings. The average molecular weight is 760 g/mol. The Labute approximate surface area is 335 Å². The zero-order valence-corrected chi connectivity index (χ0v) is 37.1. The molecule has 1 aliphatic heterocycles. The molecule has 0 saturated heterocycles.